The Labute approximate surface area is 175 Å². The predicted molar refractivity (Wildman–Crippen MR) is 109 cm³/mol. The van der Waals surface area contributed by atoms with Crippen molar-refractivity contribution in [2.45, 2.75) is 12.3 Å². The van der Waals surface area contributed by atoms with Gasteiger partial charge in [-0.1, -0.05) is 40.9 Å². The van der Waals surface area contributed by atoms with Crippen molar-refractivity contribution >= 4 is 51.9 Å². The first-order valence-corrected chi connectivity index (χ1v) is 9.35. The first-order chi connectivity index (χ1) is 13.5. The third kappa shape index (κ3) is 3.24. The van der Waals surface area contributed by atoms with Crippen LogP contribution in [0.3, 0.4) is 0 Å². The predicted octanol–water partition coefficient (Wildman–Crippen LogP) is 5.81. The summed E-state index contributed by atoms with van der Waals surface area (Å²) in [6, 6.07) is 8.29. The van der Waals surface area contributed by atoms with Gasteiger partial charge in [-0.15, -0.1) is 0 Å². The van der Waals surface area contributed by atoms with Crippen molar-refractivity contribution in [2.24, 2.45) is 4.99 Å². The Morgan fingerprint density at radius 2 is 1.82 bits per heavy atom. The van der Waals surface area contributed by atoms with E-state index in [9.17, 15) is 10.1 Å². The van der Waals surface area contributed by atoms with Crippen molar-refractivity contribution < 1.29 is 4.92 Å². The molecular formula is C19H11Cl3N4O2. The van der Waals surface area contributed by atoms with E-state index in [1.54, 1.807) is 30.5 Å². The van der Waals surface area contributed by atoms with E-state index in [1.807, 2.05) is 0 Å². The van der Waals surface area contributed by atoms with E-state index < -0.39 is 10.8 Å². The fourth-order valence-electron chi connectivity index (χ4n) is 3.35. The fraction of sp³-hybridized carbons (Fsp3) is 0.105. The molecule has 1 aromatic carbocycles. The largest absolute Gasteiger partial charge is 0.275 e. The number of hydrogen-bond acceptors (Lipinski definition) is 5. The molecule has 1 unspecified atom stereocenters. The molecule has 9 heteroatoms. The van der Waals surface area contributed by atoms with E-state index in [0.717, 1.165) is 0 Å². The van der Waals surface area contributed by atoms with Crippen LogP contribution in [0.25, 0.3) is 0 Å². The molecule has 4 rings (SSSR count). The molecule has 0 spiro atoms. The van der Waals surface area contributed by atoms with Crippen LogP contribution in [0, 0.1) is 10.1 Å². The molecule has 0 N–H and O–H groups in total. The van der Waals surface area contributed by atoms with Gasteiger partial charge in [-0.25, -0.2) is 4.98 Å². The van der Waals surface area contributed by atoms with Crippen molar-refractivity contribution in [1.82, 2.24) is 9.97 Å². The molecular weight excluding hydrogens is 423 g/mol. The van der Waals surface area contributed by atoms with Gasteiger partial charge in [0.15, 0.2) is 0 Å². The van der Waals surface area contributed by atoms with Crippen LogP contribution in [0.1, 0.15) is 22.6 Å². The zero-order chi connectivity index (χ0) is 19.8. The first-order valence-electron chi connectivity index (χ1n) is 8.22. The standard InChI is InChI=1S/C19H11Cl3N4O2/c20-12-2-1-3-13(21)17(12)18-11(16-14(25-18)4-7-24-19(16)22)8-10-9-23-6-5-15(10)26(27)28/h1-7,9,11H,8H2. The third-order valence-electron chi connectivity index (χ3n) is 4.56. The molecule has 1 aliphatic heterocycles. The summed E-state index contributed by atoms with van der Waals surface area (Å²) >= 11 is 19.2. The van der Waals surface area contributed by atoms with Crippen molar-refractivity contribution in [3.05, 3.63) is 90.9 Å². The van der Waals surface area contributed by atoms with Crippen LogP contribution in [0.4, 0.5) is 11.4 Å². The van der Waals surface area contributed by atoms with E-state index in [4.69, 9.17) is 34.8 Å². The Morgan fingerprint density at radius 1 is 1.07 bits per heavy atom. The van der Waals surface area contributed by atoms with Crippen LogP contribution in [0.5, 0.6) is 0 Å². The van der Waals surface area contributed by atoms with Gasteiger partial charge in [0.05, 0.1) is 26.4 Å². The van der Waals surface area contributed by atoms with Crippen LogP contribution in [-0.2, 0) is 6.42 Å². The lowest BCUT2D eigenvalue weighted by Crippen LogP contribution is -2.15. The molecule has 0 saturated heterocycles. The summed E-state index contributed by atoms with van der Waals surface area (Å²) in [6.07, 6.45) is 4.68. The minimum Gasteiger partial charge on any atom is -0.264 e. The maximum atomic E-state index is 11.4. The Bertz CT molecular complexity index is 1110. The van der Waals surface area contributed by atoms with Gasteiger partial charge in [-0.05, 0) is 24.6 Å². The second kappa shape index (κ2) is 7.47. The zero-order valence-electron chi connectivity index (χ0n) is 14.1. The Morgan fingerprint density at radius 3 is 2.54 bits per heavy atom. The molecule has 0 amide bonds. The highest BCUT2D eigenvalue weighted by Gasteiger charge is 2.34. The van der Waals surface area contributed by atoms with Crippen LogP contribution >= 0.6 is 34.8 Å². The average Bonchev–Trinajstić information content (AvgIpc) is 3.01. The van der Waals surface area contributed by atoms with Crippen LogP contribution < -0.4 is 0 Å². The van der Waals surface area contributed by atoms with E-state index in [-0.39, 0.29) is 17.3 Å². The van der Waals surface area contributed by atoms with E-state index in [2.05, 4.69) is 15.0 Å². The minimum atomic E-state index is -0.434. The molecule has 0 bridgehead atoms. The molecule has 0 radical (unpaired) electrons. The highest BCUT2D eigenvalue weighted by atomic mass is 35.5. The summed E-state index contributed by atoms with van der Waals surface area (Å²) in [5.41, 5.74) is 2.94. The van der Waals surface area contributed by atoms with Crippen LogP contribution in [0.15, 0.2) is 53.9 Å². The molecule has 28 heavy (non-hydrogen) atoms. The number of rotatable bonds is 4. The highest BCUT2D eigenvalue weighted by Crippen LogP contribution is 2.45. The normalized spacial score (nSPS) is 15.2. The molecule has 0 fully saturated rings. The number of halogens is 3. The molecule has 1 atom stereocenters. The summed E-state index contributed by atoms with van der Waals surface area (Å²) in [4.78, 5) is 23.9. The van der Waals surface area contributed by atoms with Gasteiger partial charge in [0.1, 0.15) is 5.15 Å². The molecule has 3 aromatic rings. The molecule has 0 saturated carbocycles. The maximum absolute atomic E-state index is 11.4. The third-order valence-corrected chi connectivity index (χ3v) is 5.49. The number of fused-ring (bicyclic) bond motifs is 1. The lowest BCUT2D eigenvalue weighted by Gasteiger charge is -2.17. The summed E-state index contributed by atoms with van der Waals surface area (Å²) in [7, 11) is 0. The topological polar surface area (TPSA) is 81.3 Å². The number of aromatic nitrogens is 2. The molecule has 140 valence electrons. The number of aliphatic imine (C=N–C) groups is 1. The number of hydrogen-bond donors (Lipinski definition) is 0. The summed E-state index contributed by atoms with van der Waals surface area (Å²) < 4.78 is 0. The molecule has 1 aliphatic rings. The number of nitrogens with zero attached hydrogens (tertiary/aromatic N) is 4. The Hall–Kier alpha value is -2.54. The fourth-order valence-corrected chi connectivity index (χ4v) is 4.22. The zero-order valence-corrected chi connectivity index (χ0v) is 16.4. The molecule has 3 heterocycles. The van der Waals surface area contributed by atoms with E-state index in [0.29, 0.717) is 38.1 Å². The van der Waals surface area contributed by atoms with Crippen molar-refractivity contribution in [3.63, 3.8) is 0 Å². The van der Waals surface area contributed by atoms with Crippen molar-refractivity contribution in [2.75, 3.05) is 0 Å². The smallest absolute Gasteiger partial charge is 0.264 e. The summed E-state index contributed by atoms with van der Waals surface area (Å²) in [5.74, 6) is -0.406. The van der Waals surface area contributed by atoms with Crippen molar-refractivity contribution in [1.29, 1.82) is 0 Å². The molecule has 2 aromatic heterocycles. The van der Waals surface area contributed by atoms with Gasteiger partial charge in [0, 0.05) is 47.3 Å². The second-order valence-corrected chi connectivity index (χ2v) is 7.32. The molecule has 6 nitrogen and oxygen atoms in total. The van der Waals surface area contributed by atoms with Crippen LogP contribution in [-0.4, -0.2) is 20.6 Å². The summed E-state index contributed by atoms with van der Waals surface area (Å²) in [6.45, 7) is 0. The second-order valence-electron chi connectivity index (χ2n) is 6.15. The van der Waals surface area contributed by atoms with Gasteiger partial charge in [0.2, 0.25) is 0 Å². The highest BCUT2D eigenvalue weighted by molar-refractivity contribution is 6.41. The van der Waals surface area contributed by atoms with Gasteiger partial charge in [0.25, 0.3) is 5.69 Å². The summed E-state index contributed by atoms with van der Waals surface area (Å²) in [5, 5.41) is 12.6. The minimum absolute atomic E-state index is 0.0203. The first kappa shape index (κ1) is 18.8. The van der Waals surface area contributed by atoms with Crippen LogP contribution in [0.2, 0.25) is 15.2 Å². The van der Waals surface area contributed by atoms with Gasteiger partial charge >= 0.3 is 0 Å². The number of pyridine rings is 2. The Kier molecular flexibility index (Phi) is 5.02. The maximum Gasteiger partial charge on any atom is 0.275 e. The molecule has 0 aliphatic carbocycles. The lowest BCUT2D eigenvalue weighted by atomic mass is 9.87. The average molecular weight is 434 g/mol. The lowest BCUT2D eigenvalue weighted by molar-refractivity contribution is -0.385. The van der Waals surface area contributed by atoms with Gasteiger partial charge < -0.3 is 0 Å². The van der Waals surface area contributed by atoms with E-state index >= 15 is 0 Å². The number of benzene rings is 1. The van der Waals surface area contributed by atoms with E-state index in [1.165, 1.54) is 18.5 Å². The quantitative estimate of drug-likeness (QED) is 0.295. The van der Waals surface area contributed by atoms with Gasteiger partial charge in [-0.2, -0.15) is 0 Å². The monoisotopic (exact) mass is 432 g/mol. The van der Waals surface area contributed by atoms with Gasteiger partial charge in [-0.3, -0.25) is 20.1 Å². The SMILES string of the molecule is O=[N+]([O-])c1ccncc1CC1C(c2c(Cl)cccc2Cl)=Nc2ccnc(Cl)c21. The van der Waals surface area contributed by atoms with Crippen molar-refractivity contribution in [3.8, 4) is 0 Å². The number of nitro groups is 1. The Balaban J connectivity index is 1.88.